The molecule has 3 nitrogen and oxygen atoms in total. The number of nitrogens with zero attached hydrogens (tertiary/aromatic N) is 2. The second kappa shape index (κ2) is 4.46. The molecule has 1 N–H and O–H groups in total. The molecule has 0 radical (unpaired) electrons. The molecule has 0 aliphatic carbocycles. The monoisotopic (exact) mass is 197 g/mol. The van der Waals surface area contributed by atoms with E-state index in [0.717, 1.165) is 28.7 Å². The van der Waals surface area contributed by atoms with E-state index in [2.05, 4.69) is 21.5 Å². The zero-order chi connectivity index (χ0) is 9.84. The van der Waals surface area contributed by atoms with Gasteiger partial charge in [0.05, 0.1) is 5.75 Å². The van der Waals surface area contributed by atoms with Gasteiger partial charge in [0.15, 0.2) is 0 Å². The van der Waals surface area contributed by atoms with E-state index in [4.69, 9.17) is 0 Å². The Kier molecular flexibility index (Phi) is 3.54. The van der Waals surface area contributed by atoms with Crippen molar-refractivity contribution in [3.05, 3.63) is 17.1 Å². The van der Waals surface area contributed by atoms with Crippen molar-refractivity contribution in [2.45, 2.75) is 19.6 Å². The maximum absolute atomic E-state index is 4.40. The van der Waals surface area contributed by atoms with Gasteiger partial charge in [-0.2, -0.15) is 11.8 Å². The zero-order valence-corrected chi connectivity index (χ0v) is 9.33. The largest absolute Gasteiger partial charge is 0.373 e. The van der Waals surface area contributed by atoms with Crippen LogP contribution in [0.3, 0.4) is 0 Å². The predicted octanol–water partition coefficient (Wildman–Crippen LogP) is 2.00. The molecule has 0 atom stereocenters. The summed E-state index contributed by atoms with van der Waals surface area (Å²) >= 11 is 1.74. The molecule has 0 fully saturated rings. The quantitative estimate of drug-likeness (QED) is 0.804. The smallest absolute Gasteiger partial charge is 0.140 e. The van der Waals surface area contributed by atoms with E-state index in [1.165, 1.54) is 0 Å². The van der Waals surface area contributed by atoms with E-state index in [1.807, 2.05) is 20.9 Å². The standard InChI is InChI=1S/C9H15N3S/c1-6-7(2)11-8(5-13-4)12-9(6)10-3/h5H2,1-4H3,(H,10,11,12). The highest BCUT2D eigenvalue weighted by Crippen LogP contribution is 2.15. The van der Waals surface area contributed by atoms with Gasteiger partial charge < -0.3 is 5.32 Å². The Morgan fingerprint density at radius 1 is 1.31 bits per heavy atom. The highest BCUT2D eigenvalue weighted by atomic mass is 32.2. The first-order valence-corrected chi connectivity index (χ1v) is 5.59. The SMILES string of the molecule is CNc1nc(CSC)nc(C)c1C. The van der Waals surface area contributed by atoms with Crippen LogP contribution in [0.5, 0.6) is 0 Å². The Morgan fingerprint density at radius 3 is 2.54 bits per heavy atom. The third-order valence-electron chi connectivity index (χ3n) is 1.95. The molecule has 4 heteroatoms. The molecule has 0 aliphatic heterocycles. The number of hydrogen-bond acceptors (Lipinski definition) is 4. The van der Waals surface area contributed by atoms with E-state index < -0.39 is 0 Å². The van der Waals surface area contributed by atoms with Crippen LogP contribution in [0.4, 0.5) is 5.82 Å². The average molecular weight is 197 g/mol. The number of aromatic nitrogens is 2. The number of rotatable bonds is 3. The highest BCUT2D eigenvalue weighted by Gasteiger charge is 2.05. The van der Waals surface area contributed by atoms with E-state index in [-0.39, 0.29) is 0 Å². The topological polar surface area (TPSA) is 37.8 Å². The van der Waals surface area contributed by atoms with Crippen molar-refractivity contribution in [1.29, 1.82) is 0 Å². The molecule has 1 aromatic heterocycles. The van der Waals surface area contributed by atoms with E-state index in [1.54, 1.807) is 11.8 Å². The van der Waals surface area contributed by atoms with Crippen LogP contribution in [0.25, 0.3) is 0 Å². The minimum Gasteiger partial charge on any atom is -0.373 e. The third-order valence-corrected chi connectivity index (χ3v) is 2.49. The van der Waals surface area contributed by atoms with Crippen molar-refractivity contribution in [2.24, 2.45) is 0 Å². The van der Waals surface area contributed by atoms with Gasteiger partial charge in [-0.3, -0.25) is 0 Å². The summed E-state index contributed by atoms with van der Waals surface area (Å²) < 4.78 is 0. The van der Waals surface area contributed by atoms with Gasteiger partial charge in [0.25, 0.3) is 0 Å². The van der Waals surface area contributed by atoms with Crippen LogP contribution < -0.4 is 5.32 Å². The number of aryl methyl sites for hydroxylation is 1. The Balaban J connectivity index is 3.06. The van der Waals surface area contributed by atoms with Crippen molar-refractivity contribution in [2.75, 3.05) is 18.6 Å². The van der Waals surface area contributed by atoms with Gasteiger partial charge in [0.2, 0.25) is 0 Å². The molecule has 0 amide bonds. The fourth-order valence-corrected chi connectivity index (χ4v) is 1.51. The van der Waals surface area contributed by atoms with Gasteiger partial charge in [0, 0.05) is 18.3 Å². The maximum atomic E-state index is 4.40. The van der Waals surface area contributed by atoms with Crippen LogP contribution in [0.15, 0.2) is 0 Å². The lowest BCUT2D eigenvalue weighted by molar-refractivity contribution is 0.975. The maximum Gasteiger partial charge on any atom is 0.140 e. The lowest BCUT2D eigenvalue weighted by Crippen LogP contribution is -2.04. The minimum absolute atomic E-state index is 0.871. The first-order chi connectivity index (χ1) is 6.19. The normalized spacial score (nSPS) is 10.2. The summed E-state index contributed by atoms with van der Waals surface area (Å²) in [5, 5.41) is 3.07. The first-order valence-electron chi connectivity index (χ1n) is 4.19. The van der Waals surface area contributed by atoms with Crippen molar-refractivity contribution in [3.8, 4) is 0 Å². The summed E-state index contributed by atoms with van der Waals surface area (Å²) in [5.74, 6) is 2.71. The molecular weight excluding hydrogens is 182 g/mol. The molecule has 0 spiro atoms. The number of thioether (sulfide) groups is 1. The van der Waals surface area contributed by atoms with E-state index >= 15 is 0 Å². The van der Waals surface area contributed by atoms with Gasteiger partial charge in [0.1, 0.15) is 11.6 Å². The van der Waals surface area contributed by atoms with Crippen LogP contribution in [-0.4, -0.2) is 23.3 Å². The van der Waals surface area contributed by atoms with Crippen molar-refractivity contribution in [3.63, 3.8) is 0 Å². The molecule has 0 unspecified atom stereocenters. The Hall–Kier alpha value is -0.770. The van der Waals surface area contributed by atoms with Crippen LogP contribution in [0.2, 0.25) is 0 Å². The minimum atomic E-state index is 0.871. The molecule has 13 heavy (non-hydrogen) atoms. The molecule has 0 bridgehead atoms. The van der Waals surface area contributed by atoms with Crippen molar-refractivity contribution < 1.29 is 0 Å². The van der Waals surface area contributed by atoms with Gasteiger partial charge in [-0.25, -0.2) is 9.97 Å². The zero-order valence-electron chi connectivity index (χ0n) is 8.51. The Bertz CT molecular complexity index is 299. The van der Waals surface area contributed by atoms with Crippen LogP contribution in [0, 0.1) is 13.8 Å². The third kappa shape index (κ3) is 2.34. The second-order valence-corrected chi connectivity index (χ2v) is 3.75. The number of nitrogens with one attached hydrogen (secondary N) is 1. The molecule has 0 saturated heterocycles. The summed E-state index contributed by atoms with van der Waals surface area (Å²) in [5.41, 5.74) is 2.19. The molecule has 72 valence electrons. The number of hydrogen-bond donors (Lipinski definition) is 1. The average Bonchev–Trinajstić information content (AvgIpc) is 2.11. The lowest BCUT2D eigenvalue weighted by Gasteiger charge is -2.08. The number of anilines is 1. The first kappa shape index (κ1) is 10.3. The molecule has 1 rings (SSSR count). The van der Waals surface area contributed by atoms with Gasteiger partial charge in [-0.1, -0.05) is 0 Å². The highest BCUT2D eigenvalue weighted by molar-refractivity contribution is 7.97. The summed E-state index contributed by atoms with van der Waals surface area (Å²) in [6.45, 7) is 4.05. The van der Waals surface area contributed by atoms with E-state index in [0.29, 0.717) is 0 Å². The predicted molar refractivity (Wildman–Crippen MR) is 58.3 cm³/mol. The van der Waals surface area contributed by atoms with Gasteiger partial charge in [-0.05, 0) is 20.1 Å². The molecule has 0 aromatic carbocycles. The second-order valence-electron chi connectivity index (χ2n) is 2.88. The fraction of sp³-hybridized carbons (Fsp3) is 0.556. The summed E-state index contributed by atoms with van der Waals surface area (Å²) in [6.07, 6.45) is 2.05. The Morgan fingerprint density at radius 2 is 2.00 bits per heavy atom. The van der Waals surface area contributed by atoms with E-state index in [9.17, 15) is 0 Å². The molecule has 1 aromatic rings. The van der Waals surface area contributed by atoms with Crippen LogP contribution in [0.1, 0.15) is 17.1 Å². The lowest BCUT2D eigenvalue weighted by atomic mass is 10.2. The molecule has 1 heterocycles. The molecular formula is C9H15N3S. The van der Waals surface area contributed by atoms with Crippen LogP contribution >= 0.6 is 11.8 Å². The van der Waals surface area contributed by atoms with Gasteiger partial charge in [-0.15, -0.1) is 0 Å². The van der Waals surface area contributed by atoms with Gasteiger partial charge >= 0.3 is 0 Å². The summed E-state index contributed by atoms with van der Waals surface area (Å²) in [4.78, 5) is 8.80. The molecule has 0 aliphatic rings. The fourth-order valence-electron chi connectivity index (χ4n) is 1.12. The molecule has 0 saturated carbocycles. The summed E-state index contributed by atoms with van der Waals surface area (Å²) in [7, 11) is 1.89. The van der Waals surface area contributed by atoms with Crippen molar-refractivity contribution in [1.82, 2.24) is 9.97 Å². The Labute approximate surface area is 83.4 Å². The van der Waals surface area contributed by atoms with Crippen molar-refractivity contribution >= 4 is 17.6 Å². The van der Waals surface area contributed by atoms with Crippen LogP contribution in [-0.2, 0) is 5.75 Å². The summed E-state index contributed by atoms with van der Waals surface area (Å²) in [6, 6.07) is 0.